The Labute approximate surface area is 69.9 Å². The Bertz CT molecular complexity index is 286. The number of rotatable bonds is 3. The monoisotopic (exact) mass is 164 g/mol. The summed E-state index contributed by atoms with van der Waals surface area (Å²) in [5.74, 6) is 0. The van der Waals surface area contributed by atoms with Crippen molar-refractivity contribution in [3.63, 3.8) is 0 Å². The lowest BCUT2D eigenvalue weighted by Gasteiger charge is -1.83. The maximum Gasteiger partial charge on any atom is 0.104 e. The summed E-state index contributed by atoms with van der Waals surface area (Å²) in [4.78, 5) is 0. The SMILES string of the molecule is C=C/C=C\c1nsnc1C=C. The van der Waals surface area contributed by atoms with E-state index in [-0.39, 0.29) is 0 Å². The largest absolute Gasteiger partial charge is 0.173 e. The van der Waals surface area contributed by atoms with Crippen LogP contribution >= 0.6 is 11.7 Å². The highest BCUT2D eigenvalue weighted by atomic mass is 32.1. The fourth-order valence-electron chi connectivity index (χ4n) is 0.619. The average molecular weight is 164 g/mol. The molecule has 3 heteroatoms. The van der Waals surface area contributed by atoms with Crippen LogP contribution in [0.15, 0.2) is 25.3 Å². The van der Waals surface area contributed by atoms with Crippen LogP contribution in [0.5, 0.6) is 0 Å². The molecular formula is C8H8N2S. The van der Waals surface area contributed by atoms with E-state index in [0.717, 1.165) is 11.4 Å². The molecule has 0 aliphatic rings. The Kier molecular flexibility index (Phi) is 2.74. The topological polar surface area (TPSA) is 25.8 Å². The van der Waals surface area contributed by atoms with E-state index in [0.29, 0.717) is 0 Å². The predicted octanol–water partition coefficient (Wildman–Crippen LogP) is 2.38. The zero-order chi connectivity index (χ0) is 8.10. The number of aromatic nitrogens is 2. The van der Waals surface area contributed by atoms with Gasteiger partial charge in [-0.25, -0.2) is 0 Å². The second kappa shape index (κ2) is 3.83. The van der Waals surface area contributed by atoms with Crippen LogP contribution in [-0.2, 0) is 0 Å². The molecule has 0 unspecified atom stereocenters. The van der Waals surface area contributed by atoms with Gasteiger partial charge in [0.15, 0.2) is 0 Å². The number of hydrogen-bond acceptors (Lipinski definition) is 3. The Balaban J connectivity index is 2.92. The molecule has 1 heterocycles. The summed E-state index contributed by atoms with van der Waals surface area (Å²) in [7, 11) is 0. The molecule has 0 spiro atoms. The molecule has 0 radical (unpaired) electrons. The zero-order valence-electron chi connectivity index (χ0n) is 6.03. The van der Waals surface area contributed by atoms with Crippen LogP contribution in [0.25, 0.3) is 12.2 Å². The van der Waals surface area contributed by atoms with E-state index in [4.69, 9.17) is 0 Å². The van der Waals surface area contributed by atoms with Crippen LogP contribution in [0, 0.1) is 0 Å². The van der Waals surface area contributed by atoms with Crippen molar-refractivity contribution in [2.45, 2.75) is 0 Å². The van der Waals surface area contributed by atoms with Gasteiger partial charge in [0.25, 0.3) is 0 Å². The summed E-state index contributed by atoms with van der Waals surface area (Å²) in [6.45, 7) is 7.17. The van der Waals surface area contributed by atoms with Gasteiger partial charge in [-0.3, -0.25) is 0 Å². The highest BCUT2D eigenvalue weighted by Gasteiger charge is 1.97. The standard InChI is InChI=1S/C8H8N2S/c1-3-5-6-8-7(4-2)9-11-10-8/h3-6H,1-2H2/b6-5-. The van der Waals surface area contributed by atoms with Crippen molar-refractivity contribution in [3.8, 4) is 0 Å². The molecule has 1 aromatic heterocycles. The van der Waals surface area contributed by atoms with E-state index < -0.39 is 0 Å². The highest BCUT2D eigenvalue weighted by molar-refractivity contribution is 6.99. The fraction of sp³-hybridized carbons (Fsp3) is 0. The van der Waals surface area contributed by atoms with Gasteiger partial charge in [0.05, 0.1) is 11.7 Å². The molecule has 0 saturated carbocycles. The van der Waals surface area contributed by atoms with Gasteiger partial charge in [-0.15, -0.1) is 0 Å². The second-order valence-electron chi connectivity index (χ2n) is 1.83. The second-order valence-corrected chi connectivity index (χ2v) is 2.36. The van der Waals surface area contributed by atoms with Crippen molar-refractivity contribution >= 4 is 23.9 Å². The normalized spacial score (nSPS) is 10.2. The van der Waals surface area contributed by atoms with Crippen molar-refractivity contribution in [2.24, 2.45) is 0 Å². The van der Waals surface area contributed by atoms with Gasteiger partial charge in [-0.05, 0) is 12.2 Å². The summed E-state index contributed by atoms with van der Waals surface area (Å²) in [6, 6.07) is 0. The first-order valence-electron chi connectivity index (χ1n) is 3.12. The predicted molar refractivity (Wildman–Crippen MR) is 49.2 cm³/mol. The van der Waals surface area contributed by atoms with Crippen LogP contribution in [0.4, 0.5) is 0 Å². The number of hydrogen-bond donors (Lipinski definition) is 0. The van der Waals surface area contributed by atoms with Gasteiger partial charge >= 0.3 is 0 Å². The Hall–Kier alpha value is -1.22. The lowest BCUT2D eigenvalue weighted by molar-refractivity contribution is 1.44. The third kappa shape index (κ3) is 1.85. The molecule has 0 aliphatic heterocycles. The van der Waals surface area contributed by atoms with Gasteiger partial charge in [-0.2, -0.15) is 8.75 Å². The van der Waals surface area contributed by atoms with Crippen LogP contribution in [0.3, 0.4) is 0 Å². The highest BCUT2D eigenvalue weighted by Crippen LogP contribution is 2.08. The maximum absolute atomic E-state index is 4.05. The average Bonchev–Trinajstić information content (AvgIpc) is 2.47. The molecule has 0 saturated heterocycles. The van der Waals surface area contributed by atoms with Crippen LogP contribution < -0.4 is 0 Å². The van der Waals surface area contributed by atoms with Crippen molar-refractivity contribution in [3.05, 3.63) is 36.7 Å². The fourth-order valence-corrected chi connectivity index (χ4v) is 1.16. The van der Waals surface area contributed by atoms with E-state index in [1.807, 2.05) is 12.2 Å². The third-order valence-electron chi connectivity index (χ3n) is 1.12. The summed E-state index contributed by atoms with van der Waals surface area (Å²) in [5, 5.41) is 0. The third-order valence-corrected chi connectivity index (χ3v) is 1.68. The first kappa shape index (κ1) is 7.88. The summed E-state index contributed by atoms with van der Waals surface area (Å²) >= 11 is 1.18. The van der Waals surface area contributed by atoms with Gasteiger partial charge in [0.1, 0.15) is 11.4 Å². The van der Waals surface area contributed by atoms with E-state index in [2.05, 4.69) is 21.9 Å². The van der Waals surface area contributed by atoms with Crippen LogP contribution in [0.2, 0.25) is 0 Å². The van der Waals surface area contributed by atoms with E-state index in [1.54, 1.807) is 12.2 Å². The van der Waals surface area contributed by atoms with Crippen molar-refractivity contribution in [2.75, 3.05) is 0 Å². The van der Waals surface area contributed by atoms with Gasteiger partial charge in [-0.1, -0.05) is 25.3 Å². The number of allylic oxidation sites excluding steroid dienone is 2. The van der Waals surface area contributed by atoms with E-state index >= 15 is 0 Å². The smallest absolute Gasteiger partial charge is 0.104 e. The Morgan fingerprint density at radius 3 is 2.55 bits per heavy atom. The van der Waals surface area contributed by atoms with Gasteiger partial charge < -0.3 is 0 Å². The lowest BCUT2D eigenvalue weighted by Crippen LogP contribution is -1.74. The first-order valence-corrected chi connectivity index (χ1v) is 3.85. The molecule has 0 aromatic carbocycles. The molecule has 0 bridgehead atoms. The Morgan fingerprint density at radius 1 is 1.18 bits per heavy atom. The molecule has 56 valence electrons. The molecule has 0 aliphatic carbocycles. The van der Waals surface area contributed by atoms with Crippen molar-refractivity contribution < 1.29 is 0 Å². The van der Waals surface area contributed by atoms with Gasteiger partial charge in [0.2, 0.25) is 0 Å². The quantitative estimate of drug-likeness (QED) is 0.641. The minimum atomic E-state index is 0.827. The molecule has 0 amide bonds. The summed E-state index contributed by atoms with van der Waals surface area (Å²) < 4.78 is 8.06. The zero-order valence-corrected chi connectivity index (χ0v) is 6.84. The van der Waals surface area contributed by atoms with E-state index in [9.17, 15) is 0 Å². The minimum absolute atomic E-state index is 0.827. The molecule has 1 rings (SSSR count). The first-order chi connectivity index (χ1) is 5.38. The van der Waals surface area contributed by atoms with E-state index in [1.165, 1.54) is 11.7 Å². The van der Waals surface area contributed by atoms with Crippen LogP contribution in [0.1, 0.15) is 11.4 Å². The maximum atomic E-state index is 4.05. The lowest BCUT2D eigenvalue weighted by atomic mass is 10.3. The Morgan fingerprint density at radius 2 is 1.91 bits per heavy atom. The molecule has 11 heavy (non-hydrogen) atoms. The van der Waals surface area contributed by atoms with Crippen LogP contribution in [-0.4, -0.2) is 8.75 Å². The summed E-state index contributed by atoms with van der Waals surface area (Å²) in [6.07, 6.45) is 7.07. The van der Waals surface area contributed by atoms with Crippen molar-refractivity contribution in [1.29, 1.82) is 0 Å². The molecule has 0 N–H and O–H groups in total. The van der Waals surface area contributed by atoms with Crippen molar-refractivity contribution in [1.82, 2.24) is 8.75 Å². The molecular weight excluding hydrogens is 156 g/mol. The number of nitrogens with zero attached hydrogens (tertiary/aromatic N) is 2. The molecule has 2 nitrogen and oxygen atoms in total. The summed E-state index contributed by atoms with van der Waals surface area (Å²) in [5.41, 5.74) is 1.68. The molecule has 1 aromatic rings. The van der Waals surface area contributed by atoms with Gasteiger partial charge in [0, 0.05) is 0 Å². The molecule has 0 atom stereocenters. The molecule has 0 fully saturated rings. The minimum Gasteiger partial charge on any atom is -0.173 e.